The zero-order valence-electron chi connectivity index (χ0n) is 11.5. The summed E-state index contributed by atoms with van der Waals surface area (Å²) in [6.07, 6.45) is 2.95. The van der Waals surface area contributed by atoms with Crippen LogP contribution in [0, 0.1) is 0 Å². The van der Waals surface area contributed by atoms with E-state index < -0.39 is 0 Å². The third kappa shape index (κ3) is 2.23. The van der Waals surface area contributed by atoms with Crippen molar-refractivity contribution in [3.63, 3.8) is 0 Å². The molecule has 2 heterocycles. The molecule has 3 nitrogen and oxygen atoms in total. The first kappa shape index (κ1) is 13.5. The summed E-state index contributed by atoms with van der Waals surface area (Å²) < 4.78 is 1.95. The summed E-state index contributed by atoms with van der Waals surface area (Å²) in [6, 6.07) is 20.2. The molecule has 1 atom stereocenters. The smallest absolute Gasteiger partial charge is 0.171 e. The molecule has 5 heteroatoms. The fourth-order valence-corrected chi connectivity index (χ4v) is 6.46. The molecule has 2 aliphatic heterocycles. The number of benzene rings is 2. The third-order valence-corrected chi connectivity index (χ3v) is 7.35. The Hall–Kier alpha value is -2.11. The molecule has 1 unspecified atom stereocenters. The fraction of sp³-hybridized carbons (Fsp3) is 0. The van der Waals surface area contributed by atoms with Gasteiger partial charge in [0.05, 0.1) is 10.6 Å². The van der Waals surface area contributed by atoms with Gasteiger partial charge >= 0.3 is 0 Å². The van der Waals surface area contributed by atoms with E-state index in [1.807, 2.05) is 52.9 Å². The summed E-state index contributed by atoms with van der Waals surface area (Å²) in [5, 5.41) is 4.48. The molecule has 2 aliphatic rings. The topological polar surface area (TPSA) is 32.7 Å². The van der Waals surface area contributed by atoms with Crippen molar-refractivity contribution < 1.29 is 4.79 Å². The lowest BCUT2D eigenvalue weighted by Gasteiger charge is -2.18. The van der Waals surface area contributed by atoms with E-state index in [4.69, 9.17) is 0 Å². The molecule has 0 fully saturated rings. The molecule has 0 amide bonds. The average molecular weight is 324 g/mol. The Morgan fingerprint density at radius 3 is 2.36 bits per heavy atom. The highest BCUT2D eigenvalue weighted by atomic mass is 33.1. The molecule has 0 aliphatic carbocycles. The lowest BCUT2D eigenvalue weighted by atomic mass is 10.2. The molecule has 0 saturated carbocycles. The summed E-state index contributed by atoms with van der Waals surface area (Å²) in [4.78, 5) is 13.6. The Bertz CT molecular complexity index is 826. The monoisotopic (exact) mass is 324 g/mol. The second kappa shape index (κ2) is 5.59. The number of carbonyl (C=O) groups is 1. The van der Waals surface area contributed by atoms with E-state index in [2.05, 4.69) is 23.3 Å². The standard InChI is InChI=1S/C17H12N2OS2/c20-12-15-17-11-16(13-7-3-1-4-8-13)21-22(17)19(18-15)14-9-5-2-6-10-14/h1-12H. The summed E-state index contributed by atoms with van der Waals surface area (Å²) in [6.45, 7) is 0. The van der Waals surface area contributed by atoms with E-state index >= 15 is 0 Å². The number of allylic oxidation sites excluding steroid dienone is 1. The van der Waals surface area contributed by atoms with Gasteiger partial charge in [-0.05, 0) is 34.6 Å². The quantitative estimate of drug-likeness (QED) is 0.484. The molecule has 108 valence electrons. The summed E-state index contributed by atoms with van der Waals surface area (Å²) in [5.74, 6) is 0. The Morgan fingerprint density at radius 1 is 1.00 bits per heavy atom. The maximum atomic E-state index is 11.4. The van der Waals surface area contributed by atoms with Gasteiger partial charge in [-0.3, -0.25) is 4.79 Å². The number of hydrogen-bond donors (Lipinski definition) is 0. The maximum absolute atomic E-state index is 11.4. The van der Waals surface area contributed by atoms with Gasteiger partial charge in [-0.2, -0.15) is 5.10 Å². The molecule has 4 rings (SSSR count). The van der Waals surface area contributed by atoms with Crippen molar-refractivity contribution in [1.29, 1.82) is 0 Å². The molecular weight excluding hydrogens is 312 g/mol. The van der Waals surface area contributed by atoms with Crippen molar-refractivity contribution in [1.82, 2.24) is 0 Å². The van der Waals surface area contributed by atoms with E-state index in [1.54, 1.807) is 10.8 Å². The maximum Gasteiger partial charge on any atom is 0.171 e. The zero-order valence-corrected chi connectivity index (χ0v) is 13.2. The van der Waals surface area contributed by atoms with Gasteiger partial charge in [0, 0.05) is 14.6 Å². The van der Waals surface area contributed by atoms with E-state index in [0.29, 0.717) is 5.71 Å². The van der Waals surface area contributed by atoms with Crippen LogP contribution in [-0.2, 0) is 4.79 Å². The number of hydrazone groups is 1. The molecule has 0 spiro atoms. The van der Waals surface area contributed by atoms with Crippen LogP contribution < -0.4 is 4.41 Å². The minimum absolute atomic E-state index is 0.278. The van der Waals surface area contributed by atoms with Crippen molar-refractivity contribution in [3.05, 3.63) is 72.3 Å². The number of carbonyl (C=O) groups excluding carboxylic acids is 1. The van der Waals surface area contributed by atoms with Gasteiger partial charge in [-0.25, -0.2) is 4.41 Å². The van der Waals surface area contributed by atoms with E-state index in [1.165, 1.54) is 10.5 Å². The van der Waals surface area contributed by atoms with E-state index in [0.717, 1.165) is 16.8 Å². The Balaban J connectivity index is 1.73. The number of hydrogen-bond acceptors (Lipinski definition) is 4. The predicted octanol–water partition coefficient (Wildman–Crippen LogP) is 4.12. The highest BCUT2D eigenvalue weighted by Crippen LogP contribution is 2.54. The minimum Gasteiger partial charge on any atom is -0.296 e. The van der Waals surface area contributed by atoms with Crippen LogP contribution in [0.5, 0.6) is 0 Å². The summed E-state index contributed by atoms with van der Waals surface area (Å²) >= 11 is 0. The SMILES string of the molecule is O=CC1=NN(c2ccccc2)S2=C1C=C(c1ccccc1)S2. The molecule has 2 aromatic carbocycles. The lowest BCUT2D eigenvalue weighted by molar-refractivity contribution is -0.102. The second-order valence-electron chi connectivity index (χ2n) is 4.78. The van der Waals surface area contributed by atoms with Crippen molar-refractivity contribution in [2.24, 2.45) is 5.10 Å². The molecule has 0 N–H and O–H groups in total. The second-order valence-corrected chi connectivity index (χ2v) is 8.12. The number of rotatable bonds is 3. The van der Waals surface area contributed by atoms with Crippen LogP contribution in [0.1, 0.15) is 5.56 Å². The first-order valence-electron chi connectivity index (χ1n) is 6.83. The fourth-order valence-electron chi connectivity index (χ4n) is 2.32. The number of para-hydroxylation sites is 1. The highest BCUT2D eigenvalue weighted by Gasteiger charge is 2.31. The zero-order chi connectivity index (χ0) is 14.9. The largest absolute Gasteiger partial charge is 0.296 e. The predicted molar refractivity (Wildman–Crippen MR) is 97.0 cm³/mol. The van der Waals surface area contributed by atoms with Crippen LogP contribution in [0.25, 0.3) is 4.91 Å². The Morgan fingerprint density at radius 2 is 1.68 bits per heavy atom. The minimum atomic E-state index is -0.278. The summed E-state index contributed by atoms with van der Waals surface area (Å²) in [7, 11) is 1.48. The van der Waals surface area contributed by atoms with E-state index in [-0.39, 0.29) is 9.70 Å². The molecule has 0 bridgehead atoms. The highest BCUT2D eigenvalue weighted by molar-refractivity contribution is 8.88. The van der Waals surface area contributed by atoms with Crippen molar-refractivity contribution in [3.8, 4) is 0 Å². The number of nitrogens with zero attached hydrogens (tertiary/aromatic N) is 2. The van der Waals surface area contributed by atoms with Crippen molar-refractivity contribution in [2.45, 2.75) is 0 Å². The molecular formula is C17H12N2OS2. The third-order valence-electron chi connectivity index (χ3n) is 3.37. The number of anilines is 1. The van der Waals surface area contributed by atoms with Gasteiger partial charge < -0.3 is 0 Å². The lowest BCUT2D eigenvalue weighted by Crippen LogP contribution is -2.08. The van der Waals surface area contributed by atoms with E-state index in [9.17, 15) is 4.79 Å². The Labute approximate surface area is 134 Å². The normalized spacial score (nSPS) is 19.7. The van der Waals surface area contributed by atoms with Gasteiger partial charge in [-0.1, -0.05) is 48.5 Å². The molecule has 0 radical (unpaired) electrons. The molecule has 22 heavy (non-hydrogen) atoms. The van der Waals surface area contributed by atoms with Gasteiger partial charge in [0.1, 0.15) is 5.71 Å². The Kier molecular flexibility index (Phi) is 3.44. The van der Waals surface area contributed by atoms with Crippen LogP contribution in [0.15, 0.2) is 71.8 Å². The van der Waals surface area contributed by atoms with Crippen LogP contribution in [0.2, 0.25) is 0 Å². The van der Waals surface area contributed by atoms with Crippen LogP contribution in [0.4, 0.5) is 5.69 Å². The van der Waals surface area contributed by atoms with Crippen LogP contribution in [-0.4, -0.2) is 16.9 Å². The first-order valence-corrected chi connectivity index (χ1v) is 9.34. The van der Waals surface area contributed by atoms with Gasteiger partial charge in [0.2, 0.25) is 0 Å². The van der Waals surface area contributed by atoms with Gasteiger partial charge in [0.25, 0.3) is 0 Å². The van der Waals surface area contributed by atoms with Crippen LogP contribution in [0.3, 0.4) is 0 Å². The molecule has 0 aromatic heterocycles. The van der Waals surface area contributed by atoms with Gasteiger partial charge in [-0.15, -0.1) is 0 Å². The number of aldehydes is 1. The summed E-state index contributed by atoms with van der Waals surface area (Å²) in [5.41, 5.74) is 2.72. The van der Waals surface area contributed by atoms with Gasteiger partial charge in [0.15, 0.2) is 6.29 Å². The average Bonchev–Trinajstić information content (AvgIpc) is 3.15. The molecule has 2 aromatic rings. The van der Waals surface area contributed by atoms with Crippen molar-refractivity contribution >= 4 is 48.0 Å². The van der Waals surface area contributed by atoms with Crippen molar-refractivity contribution in [2.75, 3.05) is 4.41 Å². The molecule has 0 saturated heterocycles. The first-order chi connectivity index (χ1) is 10.9. The van der Waals surface area contributed by atoms with Crippen LogP contribution >= 0.6 is 20.5 Å².